The summed E-state index contributed by atoms with van der Waals surface area (Å²) in [5, 5.41) is 5.57. The quantitative estimate of drug-likeness (QED) is 0.691. The first-order valence-corrected chi connectivity index (χ1v) is 8.27. The van der Waals surface area contributed by atoms with Gasteiger partial charge in [0.25, 0.3) is 0 Å². The molecule has 0 aliphatic heterocycles. The largest absolute Gasteiger partial charge is 0.352 e. The van der Waals surface area contributed by atoms with E-state index in [-0.39, 0.29) is 11.9 Å². The number of urea groups is 1. The monoisotopic (exact) mass is 287 g/mol. The number of nitrogens with one attached hydrogen (secondary N) is 2. The molecule has 0 radical (unpaired) electrons. The normalized spacial score (nSPS) is 24.5. The number of rotatable bonds is 6. The van der Waals surface area contributed by atoms with Crippen molar-refractivity contribution in [2.75, 3.05) is 12.0 Å². The fourth-order valence-corrected chi connectivity index (χ4v) is 3.01. The average molecular weight is 287 g/mol. The van der Waals surface area contributed by atoms with Crippen LogP contribution in [0.5, 0.6) is 0 Å². The highest BCUT2D eigenvalue weighted by Crippen LogP contribution is 2.23. The Morgan fingerprint density at radius 1 is 1.42 bits per heavy atom. The highest BCUT2D eigenvalue weighted by Gasteiger charge is 2.25. The predicted octanol–water partition coefficient (Wildman–Crippen LogP) is 1.47. The summed E-state index contributed by atoms with van der Waals surface area (Å²) in [7, 11) is 0. The highest BCUT2D eigenvalue weighted by molar-refractivity contribution is 7.98. The van der Waals surface area contributed by atoms with Crippen LogP contribution in [0.3, 0.4) is 0 Å². The number of thioether (sulfide) groups is 1. The minimum Gasteiger partial charge on any atom is -0.352 e. The van der Waals surface area contributed by atoms with Crippen LogP contribution in [0.25, 0.3) is 0 Å². The molecule has 0 aromatic rings. The molecule has 0 spiro atoms. The maximum absolute atomic E-state index is 12.2. The van der Waals surface area contributed by atoms with Crippen LogP contribution in [0.15, 0.2) is 0 Å². The lowest BCUT2D eigenvalue weighted by molar-refractivity contribution is -0.124. The van der Waals surface area contributed by atoms with Crippen LogP contribution >= 0.6 is 11.8 Å². The third kappa shape index (κ3) is 6.18. The summed E-state index contributed by atoms with van der Waals surface area (Å²) in [4.78, 5) is 23.1. The van der Waals surface area contributed by atoms with Crippen molar-refractivity contribution in [3.8, 4) is 0 Å². The van der Waals surface area contributed by atoms with Crippen molar-refractivity contribution in [1.82, 2.24) is 10.6 Å². The number of hydrogen-bond acceptors (Lipinski definition) is 3. The van der Waals surface area contributed by atoms with Crippen LogP contribution in [0.4, 0.5) is 4.79 Å². The zero-order valence-corrected chi connectivity index (χ0v) is 12.6. The van der Waals surface area contributed by atoms with Gasteiger partial charge < -0.3 is 16.4 Å². The molecule has 3 atom stereocenters. The Kier molecular flexibility index (Phi) is 7.05. The maximum atomic E-state index is 12.2. The first-order chi connectivity index (χ1) is 9.02. The molecule has 1 aliphatic rings. The Morgan fingerprint density at radius 3 is 2.74 bits per heavy atom. The van der Waals surface area contributed by atoms with Crippen molar-refractivity contribution in [2.45, 2.75) is 51.1 Å². The van der Waals surface area contributed by atoms with Gasteiger partial charge in [-0.25, -0.2) is 4.79 Å². The predicted molar refractivity (Wildman–Crippen MR) is 79.1 cm³/mol. The van der Waals surface area contributed by atoms with Crippen LogP contribution in [0.2, 0.25) is 0 Å². The van der Waals surface area contributed by atoms with E-state index in [9.17, 15) is 9.59 Å². The standard InChI is InChI=1S/C13H25N3O2S/c1-9-4-3-5-10(8-9)15-12(17)11(6-7-19-2)16-13(14)18/h9-11H,3-8H2,1-2H3,(H,15,17)(H3,14,16,18). The van der Waals surface area contributed by atoms with Gasteiger partial charge in [-0.05, 0) is 37.2 Å². The molecule has 3 amide bonds. The Bertz CT molecular complexity index is 312. The Morgan fingerprint density at radius 2 is 2.16 bits per heavy atom. The molecule has 5 nitrogen and oxygen atoms in total. The van der Waals surface area contributed by atoms with E-state index in [0.717, 1.165) is 25.0 Å². The number of primary amides is 1. The topological polar surface area (TPSA) is 84.2 Å². The van der Waals surface area contributed by atoms with Gasteiger partial charge in [0.05, 0.1) is 0 Å². The van der Waals surface area contributed by atoms with E-state index in [1.807, 2.05) is 6.26 Å². The number of hydrogen-bond donors (Lipinski definition) is 3. The molecule has 0 aromatic carbocycles. The highest BCUT2D eigenvalue weighted by atomic mass is 32.2. The summed E-state index contributed by atoms with van der Waals surface area (Å²) in [6.07, 6.45) is 7.03. The minimum absolute atomic E-state index is 0.105. The molecular weight excluding hydrogens is 262 g/mol. The van der Waals surface area contributed by atoms with Crippen LogP contribution in [-0.2, 0) is 4.79 Å². The smallest absolute Gasteiger partial charge is 0.312 e. The third-order valence-corrected chi connectivity index (χ3v) is 4.17. The van der Waals surface area contributed by atoms with E-state index >= 15 is 0 Å². The fraction of sp³-hybridized carbons (Fsp3) is 0.846. The number of carbonyl (C=O) groups excluding carboxylic acids is 2. The van der Waals surface area contributed by atoms with E-state index in [0.29, 0.717) is 12.3 Å². The van der Waals surface area contributed by atoms with Crippen LogP contribution < -0.4 is 16.4 Å². The first kappa shape index (κ1) is 16.1. The Hall–Kier alpha value is -0.910. The molecule has 1 saturated carbocycles. The fourth-order valence-electron chi connectivity index (χ4n) is 2.54. The molecule has 19 heavy (non-hydrogen) atoms. The summed E-state index contributed by atoms with van der Waals surface area (Å²) in [5.41, 5.74) is 5.12. The third-order valence-electron chi connectivity index (χ3n) is 3.53. The van der Waals surface area contributed by atoms with E-state index in [4.69, 9.17) is 5.73 Å². The molecule has 0 saturated heterocycles. The molecule has 110 valence electrons. The van der Waals surface area contributed by atoms with Gasteiger partial charge in [0, 0.05) is 6.04 Å². The molecule has 1 rings (SSSR count). The molecule has 3 unspecified atom stereocenters. The van der Waals surface area contributed by atoms with Gasteiger partial charge in [-0.1, -0.05) is 19.8 Å². The summed E-state index contributed by atoms with van der Waals surface area (Å²) in [5.74, 6) is 1.37. The number of nitrogens with two attached hydrogens (primary N) is 1. The van der Waals surface area contributed by atoms with Gasteiger partial charge in [-0.15, -0.1) is 0 Å². The molecule has 1 fully saturated rings. The number of carbonyl (C=O) groups is 2. The summed E-state index contributed by atoms with van der Waals surface area (Å²) in [6, 6.07) is -0.914. The Labute approximate surface area is 119 Å². The van der Waals surface area contributed by atoms with Gasteiger partial charge in [0.15, 0.2) is 0 Å². The molecule has 4 N–H and O–H groups in total. The lowest BCUT2D eigenvalue weighted by Gasteiger charge is -2.29. The maximum Gasteiger partial charge on any atom is 0.312 e. The first-order valence-electron chi connectivity index (χ1n) is 6.88. The van der Waals surface area contributed by atoms with Crippen molar-refractivity contribution >= 4 is 23.7 Å². The van der Waals surface area contributed by atoms with Crippen LogP contribution in [0.1, 0.15) is 39.0 Å². The van der Waals surface area contributed by atoms with Gasteiger partial charge in [-0.2, -0.15) is 11.8 Å². The second kappa shape index (κ2) is 8.30. The summed E-state index contributed by atoms with van der Waals surface area (Å²) in [6.45, 7) is 2.21. The van der Waals surface area contributed by atoms with Gasteiger partial charge in [0.1, 0.15) is 6.04 Å². The van der Waals surface area contributed by atoms with Gasteiger partial charge >= 0.3 is 6.03 Å². The second-order valence-corrected chi connectivity index (χ2v) is 6.31. The zero-order chi connectivity index (χ0) is 14.3. The average Bonchev–Trinajstić information content (AvgIpc) is 2.34. The summed E-state index contributed by atoms with van der Waals surface area (Å²) >= 11 is 1.65. The van der Waals surface area contributed by atoms with Crippen molar-refractivity contribution in [3.63, 3.8) is 0 Å². The van der Waals surface area contributed by atoms with E-state index in [1.54, 1.807) is 11.8 Å². The Balaban J connectivity index is 2.47. The van der Waals surface area contributed by atoms with Crippen molar-refractivity contribution in [1.29, 1.82) is 0 Å². The van der Waals surface area contributed by atoms with E-state index < -0.39 is 12.1 Å². The van der Waals surface area contributed by atoms with Gasteiger partial charge in [0.2, 0.25) is 5.91 Å². The second-order valence-electron chi connectivity index (χ2n) is 5.32. The zero-order valence-electron chi connectivity index (χ0n) is 11.8. The molecule has 1 aliphatic carbocycles. The SMILES string of the molecule is CSCCC(NC(N)=O)C(=O)NC1CCCC(C)C1. The van der Waals surface area contributed by atoms with E-state index in [1.165, 1.54) is 6.42 Å². The van der Waals surface area contributed by atoms with Crippen LogP contribution in [0, 0.1) is 5.92 Å². The lowest BCUT2D eigenvalue weighted by Crippen LogP contribution is -2.51. The molecular formula is C13H25N3O2S. The molecule has 0 heterocycles. The summed E-state index contributed by atoms with van der Waals surface area (Å²) < 4.78 is 0. The van der Waals surface area contributed by atoms with Crippen molar-refractivity contribution < 1.29 is 9.59 Å². The molecule has 0 aromatic heterocycles. The van der Waals surface area contributed by atoms with Crippen LogP contribution in [-0.4, -0.2) is 36.0 Å². The molecule has 0 bridgehead atoms. The molecule has 6 heteroatoms. The van der Waals surface area contributed by atoms with Crippen molar-refractivity contribution in [2.24, 2.45) is 11.7 Å². The number of amides is 3. The minimum atomic E-state index is -0.640. The van der Waals surface area contributed by atoms with Gasteiger partial charge in [-0.3, -0.25) is 4.79 Å². The van der Waals surface area contributed by atoms with E-state index in [2.05, 4.69) is 17.6 Å². The van der Waals surface area contributed by atoms with Crippen molar-refractivity contribution in [3.05, 3.63) is 0 Å². The lowest BCUT2D eigenvalue weighted by atomic mass is 9.87.